The van der Waals surface area contributed by atoms with Gasteiger partial charge in [0.2, 0.25) is 0 Å². The normalized spacial score (nSPS) is 11.1. The number of sulfone groups is 1. The minimum atomic E-state index is -3.45. The molecular weight excluding hydrogens is 354 g/mol. The monoisotopic (exact) mass is 375 g/mol. The van der Waals surface area contributed by atoms with Gasteiger partial charge in [0.05, 0.1) is 10.6 Å². The Hall–Kier alpha value is -2.67. The molecule has 0 bridgehead atoms. The highest BCUT2D eigenvalue weighted by Crippen LogP contribution is 2.15. The van der Waals surface area contributed by atoms with Gasteiger partial charge in [0.1, 0.15) is 6.54 Å². The molecule has 1 N–H and O–H groups in total. The van der Waals surface area contributed by atoms with Crippen molar-refractivity contribution in [1.29, 1.82) is 0 Å². The second-order valence-electron chi connectivity index (χ2n) is 5.79. The Morgan fingerprint density at radius 1 is 1.04 bits per heavy atom. The molecule has 0 unspecified atom stereocenters. The fraction of sp³-hybridized carbons (Fsp3) is 0.263. The summed E-state index contributed by atoms with van der Waals surface area (Å²) >= 11 is 0. The molecule has 0 fully saturated rings. The minimum absolute atomic E-state index is 0.0594. The van der Waals surface area contributed by atoms with E-state index in [9.17, 15) is 18.0 Å². The first kappa shape index (κ1) is 19.7. The van der Waals surface area contributed by atoms with Crippen molar-refractivity contribution in [1.82, 2.24) is 4.90 Å². The van der Waals surface area contributed by atoms with Gasteiger partial charge < -0.3 is 10.0 Å². The summed E-state index contributed by atoms with van der Waals surface area (Å²) < 4.78 is 24.0. The number of amides is 1. The van der Waals surface area contributed by atoms with Crippen LogP contribution in [0.1, 0.15) is 22.8 Å². The zero-order chi connectivity index (χ0) is 19.2. The molecule has 7 heteroatoms. The van der Waals surface area contributed by atoms with Crippen LogP contribution in [0.3, 0.4) is 0 Å². The first-order valence-electron chi connectivity index (χ1n) is 8.21. The quantitative estimate of drug-likeness (QED) is 0.764. The summed E-state index contributed by atoms with van der Waals surface area (Å²) in [6, 6.07) is 15.1. The molecule has 2 aromatic rings. The highest BCUT2D eigenvalue weighted by molar-refractivity contribution is 7.91. The molecule has 0 aliphatic heterocycles. The molecule has 0 saturated heterocycles. The van der Waals surface area contributed by atoms with Crippen molar-refractivity contribution < 1.29 is 23.1 Å². The van der Waals surface area contributed by atoms with E-state index in [1.165, 1.54) is 36.1 Å². The van der Waals surface area contributed by atoms with Gasteiger partial charge in [-0.25, -0.2) is 8.42 Å². The van der Waals surface area contributed by atoms with E-state index in [0.29, 0.717) is 6.42 Å². The number of hydrogen-bond acceptors (Lipinski definition) is 4. The van der Waals surface area contributed by atoms with E-state index in [1.54, 1.807) is 0 Å². The van der Waals surface area contributed by atoms with E-state index in [4.69, 9.17) is 5.11 Å². The number of carboxylic acids is 1. The first-order valence-corrected chi connectivity index (χ1v) is 9.86. The van der Waals surface area contributed by atoms with Gasteiger partial charge in [-0.3, -0.25) is 9.59 Å². The standard InChI is InChI=1S/C19H21NO5S/c1-2-26(24,25)17-10-6-9-16(13-17)19(23)20(14-18(21)22)12-11-15-7-4-3-5-8-15/h3-10,13H,2,11-12,14H2,1H3,(H,21,22). The zero-order valence-electron chi connectivity index (χ0n) is 14.5. The summed E-state index contributed by atoms with van der Waals surface area (Å²) in [6.07, 6.45) is 0.507. The molecular formula is C19H21NO5S. The Balaban J connectivity index is 2.23. The molecule has 2 aromatic carbocycles. The van der Waals surface area contributed by atoms with E-state index in [1.807, 2.05) is 30.3 Å². The number of hydrogen-bond donors (Lipinski definition) is 1. The SMILES string of the molecule is CCS(=O)(=O)c1cccc(C(=O)N(CCc2ccccc2)CC(=O)O)c1. The Kier molecular flexibility index (Phi) is 6.52. The lowest BCUT2D eigenvalue weighted by atomic mass is 10.1. The van der Waals surface area contributed by atoms with Gasteiger partial charge in [-0.2, -0.15) is 0 Å². The van der Waals surface area contributed by atoms with E-state index in [0.717, 1.165) is 5.56 Å². The second kappa shape index (κ2) is 8.62. The average Bonchev–Trinajstić information content (AvgIpc) is 2.65. The van der Waals surface area contributed by atoms with Crippen LogP contribution in [-0.2, 0) is 21.1 Å². The number of nitrogens with zero attached hydrogens (tertiary/aromatic N) is 1. The molecule has 138 valence electrons. The molecule has 1 amide bonds. The molecule has 0 saturated carbocycles. The van der Waals surface area contributed by atoms with Crippen molar-refractivity contribution in [3.8, 4) is 0 Å². The molecule has 0 aliphatic rings. The lowest BCUT2D eigenvalue weighted by Gasteiger charge is -2.21. The first-order chi connectivity index (χ1) is 12.3. The van der Waals surface area contributed by atoms with Gasteiger partial charge >= 0.3 is 5.97 Å². The van der Waals surface area contributed by atoms with Crippen molar-refractivity contribution in [2.24, 2.45) is 0 Å². The van der Waals surface area contributed by atoms with Crippen molar-refractivity contribution in [2.75, 3.05) is 18.8 Å². The molecule has 2 rings (SSSR count). The molecule has 0 radical (unpaired) electrons. The highest BCUT2D eigenvalue weighted by Gasteiger charge is 2.20. The maximum absolute atomic E-state index is 12.7. The van der Waals surface area contributed by atoms with Crippen LogP contribution in [0.15, 0.2) is 59.5 Å². The zero-order valence-corrected chi connectivity index (χ0v) is 15.3. The van der Waals surface area contributed by atoms with Crippen molar-refractivity contribution in [3.05, 3.63) is 65.7 Å². The number of carbonyl (C=O) groups excluding carboxylic acids is 1. The molecule has 6 nitrogen and oxygen atoms in total. The third-order valence-electron chi connectivity index (χ3n) is 3.95. The van der Waals surface area contributed by atoms with Crippen molar-refractivity contribution in [2.45, 2.75) is 18.2 Å². The number of carboxylic acid groups (broad SMARTS) is 1. The molecule has 0 aromatic heterocycles. The maximum Gasteiger partial charge on any atom is 0.323 e. The number of rotatable bonds is 8. The summed E-state index contributed by atoms with van der Waals surface area (Å²) in [4.78, 5) is 25.2. The van der Waals surface area contributed by atoms with E-state index >= 15 is 0 Å². The van der Waals surface area contributed by atoms with Crippen LogP contribution in [0.5, 0.6) is 0 Å². The predicted octanol–water partition coefficient (Wildman–Crippen LogP) is 2.25. The average molecular weight is 375 g/mol. The Bertz CT molecular complexity index is 878. The fourth-order valence-electron chi connectivity index (χ4n) is 2.50. The molecule has 0 aliphatic carbocycles. The summed E-state index contributed by atoms with van der Waals surface area (Å²) in [5.41, 5.74) is 1.15. The van der Waals surface area contributed by atoms with Gasteiger partial charge in [-0.15, -0.1) is 0 Å². The van der Waals surface area contributed by atoms with E-state index in [-0.39, 0.29) is 22.8 Å². The minimum Gasteiger partial charge on any atom is -0.480 e. The third-order valence-corrected chi connectivity index (χ3v) is 5.68. The van der Waals surface area contributed by atoms with Crippen LogP contribution in [0, 0.1) is 0 Å². The molecule has 0 atom stereocenters. The summed E-state index contributed by atoms with van der Waals surface area (Å²) in [7, 11) is -3.45. The summed E-state index contributed by atoms with van der Waals surface area (Å²) in [5.74, 6) is -1.70. The van der Waals surface area contributed by atoms with Crippen molar-refractivity contribution in [3.63, 3.8) is 0 Å². The summed E-state index contributed by atoms with van der Waals surface area (Å²) in [5, 5.41) is 9.11. The van der Waals surface area contributed by atoms with Crippen LogP contribution >= 0.6 is 0 Å². The highest BCUT2D eigenvalue weighted by atomic mass is 32.2. The lowest BCUT2D eigenvalue weighted by Crippen LogP contribution is -2.37. The van der Waals surface area contributed by atoms with Gasteiger partial charge in [0, 0.05) is 12.1 Å². The van der Waals surface area contributed by atoms with Gasteiger partial charge in [-0.1, -0.05) is 43.3 Å². The largest absolute Gasteiger partial charge is 0.480 e. The van der Waals surface area contributed by atoms with Crippen molar-refractivity contribution >= 4 is 21.7 Å². The van der Waals surface area contributed by atoms with Crippen LogP contribution in [0.25, 0.3) is 0 Å². The Morgan fingerprint density at radius 3 is 2.35 bits per heavy atom. The number of carbonyl (C=O) groups is 2. The molecule has 26 heavy (non-hydrogen) atoms. The van der Waals surface area contributed by atoms with Gasteiger partial charge in [0.25, 0.3) is 5.91 Å². The fourth-order valence-corrected chi connectivity index (χ4v) is 3.42. The second-order valence-corrected chi connectivity index (χ2v) is 8.07. The third kappa shape index (κ3) is 5.16. The smallest absolute Gasteiger partial charge is 0.323 e. The van der Waals surface area contributed by atoms with E-state index in [2.05, 4.69) is 0 Å². The van der Waals surface area contributed by atoms with Crippen LogP contribution in [-0.4, -0.2) is 49.1 Å². The predicted molar refractivity (Wildman–Crippen MR) is 97.9 cm³/mol. The molecule has 0 heterocycles. The maximum atomic E-state index is 12.7. The Morgan fingerprint density at radius 2 is 1.73 bits per heavy atom. The number of aliphatic carboxylic acids is 1. The van der Waals surface area contributed by atoms with Crippen LogP contribution < -0.4 is 0 Å². The number of benzene rings is 2. The van der Waals surface area contributed by atoms with Gasteiger partial charge in [0.15, 0.2) is 9.84 Å². The Labute approximate surface area is 153 Å². The van der Waals surface area contributed by atoms with Gasteiger partial charge in [-0.05, 0) is 30.2 Å². The topological polar surface area (TPSA) is 91.8 Å². The van der Waals surface area contributed by atoms with Crippen LogP contribution in [0.2, 0.25) is 0 Å². The van der Waals surface area contributed by atoms with Crippen LogP contribution in [0.4, 0.5) is 0 Å². The summed E-state index contributed by atoms with van der Waals surface area (Å²) in [6.45, 7) is 1.30. The molecule has 0 spiro atoms. The lowest BCUT2D eigenvalue weighted by molar-refractivity contribution is -0.137. The van der Waals surface area contributed by atoms with E-state index < -0.39 is 28.3 Å².